The van der Waals surface area contributed by atoms with Gasteiger partial charge in [0.1, 0.15) is 6.10 Å². The fraction of sp³-hybridized carbons (Fsp3) is 0.765. The molecule has 0 amide bonds. The molecule has 4 rings (SSSR count). The normalized spacial score (nSPS) is 39.9. The van der Waals surface area contributed by atoms with E-state index in [1.54, 1.807) is 0 Å². The lowest BCUT2D eigenvalue weighted by molar-refractivity contribution is -0.198. The Kier molecular flexibility index (Phi) is 3.80. The van der Waals surface area contributed by atoms with Crippen LogP contribution in [0.3, 0.4) is 0 Å². The van der Waals surface area contributed by atoms with Crippen molar-refractivity contribution in [2.24, 2.45) is 23.2 Å². The van der Waals surface area contributed by atoms with Gasteiger partial charge in [-0.15, -0.1) is 0 Å². The van der Waals surface area contributed by atoms with Gasteiger partial charge < -0.3 is 9.47 Å². The van der Waals surface area contributed by atoms with E-state index in [1.165, 1.54) is 32.1 Å². The van der Waals surface area contributed by atoms with E-state index in [0.29, 0.717) is 5.92 Å². The molecule has 4 aliphatic carbocycles. The van der Waals surface area contributed by atoms with E-state index in [9.17, 15) is 9.59 Å². The maximum atomic E-state index is 12.0. The number of carbonyl (C=O) groups excluding carboxylic acids is 2. The first kappa shape index (κ1) is 14.6. The number of rotatable bonds is 5. The molecule has 0 spiro atoms. The molecule has 116 valence electrons. The molecule has 0 aliphatic heterocycles. The van der Waals surface area contributed by atoms with Gasteiger partial charge >= 0.3 is 11.9 Å². The maximum Gasteiger partial charge on any atom is 0.344 e. The van der Waals surface area contributed by atoms with Crippen molar-refractivity contribution in [2.75, 3.05) is 6.61 Å². The van der Waals surface area contributed by atoms with E-state index in [4.69, 9.17) is 9.47 Å². The van der Waals surface area contributed by atoms with Crippen LogP contribution in [-0.4, -0.2) is 24.6 Å². The van der Waals surface area contributed by atoms with Crippen molar-refractivity contribution in [2.45, 2.75) is 51.6 Å². The fourth-order valence-electron chi connectivity index (χ4n) is 5.24. The van der Waals surface area contributed by atoms with Gasteiger partial charge in [-0.2, -0.15) is 0 Å². The number of hydrogen-bond acceptors (Lipinski definition) is 4. The van der Waals surface area contributed by atoms with Crippen LogP contribution in [0, 0.1) is 23.2 Å². The molecule has 4 aliphatic rings. The number of ether oxygens (including phenoxy) is 2. The Balaban J connectivity index is 1.65. The number of hydrogen-bond donors (Lipinski definition) is 0. The van der Waals surface area contributed by atoms with Crippen LogP contribution in [0.5, 0.6) is 0 Å². The summed E-state index contributed by atoms with van der Waals surface area (Å²) in [6, 6.07) is 0. The minimum absolute atomic E-state index is 0.0187. The van der Waals surface area contributed by atoms with E-state index in [0.717, 1.165) is 24.3 Å². The molecule has 0 aromatic carbocycles. The highest BCUT2D eigenvalue weighted by Crippen LogP contribution is 2.62. The van der Waals surface area contributed by atoms with E-state index < -0.39 is 11.9 Å². The smallest absolute Gasteiger partial charge is 0.344 e. The average molecular weight is 292 g/mol. The summed E-state index contributed by atoms with van der Waals surface area (Å²) in [6.45, 7) is 5.22. The van der Waals surface area contributed by atoms with Gasteiger partial charge in [-0.25, -0.2) is 9.59 Å². The molecule has 0 aromatic heterocycles. The Morgan fingerprint density at radius 2 is 1.90 bits per heavy atom. The van der Waals surface area contributed by atoms with Crippen molar-refractivity contribution in [3.63, 3.8) is 0 Å². The van der Waals surface area contributed by atoms with Gasteiger partial charge in [-0.05, 0) is 56.3 Å². The summed E-state index contributed by atoms with van der Waals surface area (Å²) < 4.78 is 10.5. The predicted octanol–water partition coefficient (Wildman–Crippen LogP) is 2.86. The van der Waals surface area contributed by atoms with Crippen molar-refractivity contribution in [3.05, 3.63) is 12.7 Å². The molecule has 4 fully saturated rings. The summed E-state index contributed by atoms with van der Waals surface area (Å²) in [5, 5.41) is 0. The zero-order chi connectivity index (χ0) is 15.0. The lowest BCUT2D eigenvalue weighted by Gasteiger charge is -2.60. The van der Waals surface area contributed by atoms with Gasteiger partial charge in [0, 0.05) is 11.5 Å². The summed E-state index contributed by atoms with van der Waals surface area (Å²) in [6.07, 6.45) is 8.30. The fourth-order valence-corrected chi connectivity index (χ4v) is 5.24. The SMILES string of the molecule is C=CC(=O)OCC(=O)OC1C2CC3CC(C2)CC1(CC)C3. The van der Waals surface area contributed by atoms with Crippen LogP contribution in [0.1, 0.15) is 45.4 Å². The summed E-state index contributed by atoms with van der Waals surface area (Å²) >= 11 is 0. The Hall–Kier alpha value is -1.32. The molecule has 0 aromatic rings. The molecule has 4 bridgehead atoms. The molecular weight excluding hydrogens is 268 g/mol. The predicted molar refractivity (Wildman–Crippen MR) is 77.3 cm³/mol. The Bertz CT molecular complexity index is 442. The van der Waals surface area contributed by atoms with Gasteiger partial charge in [-0.3, -0.25) is 0 Å². The minimum Gasteiger partial charge on any atom is -0.459 e. The molecule has 3 unspecified atom stereocenters. The summed E-state index contributed by atoms with van der Waals surface area (Å²) in [5.41, 5.74) is 0.173. The third-order valence-corrected chi connectivity index (χ3v) is 5.82. The van der Waals surface area contributed by atoms with Crippen molar-refractivity contribution in [3.8, 4) is 0 Å². The third kappa shape index (κ3) is 2.60. The van der Waals surface area contributed by atoms with Crippen LogP contribution in [0.15, 0.2) is 12.7 Å². The van der Waals surface area contributed by atoms with Crippen molar-refractivity contribution in [1.82, 2.24) is 0 Å². The third-order valence-electron chi connectivity index (χ3n) is 5.82. The van der Waals surface area contributed by atoms with Crippen LogP contribution in [-0.2, 0) is 19.1 Å². The monoisotopic (exact) mass is 292 g/mol. The molecule has 3 atom stereocenters. The molecular formula is C17H24O4. The topological polar surface area (TPSA) is 52.6 Å². The highest BCUT2D eigenvalue weighted by molar-refractivity contribution is 5.83. The summed E-state index contributed by atoms with van der Waals surface area (Å²) in [7, 11) is 0. The first-order valence-electron chi connectivity index (χ1n) is 8.05. The summed E-state index contributed by atoms with van der Waals surface area (Å²) in [5.74, 6) is 1.17. The van der Waals surface area contributed by atoms with E-state index >= 15 is 0 Å². The first-order valence-corrected chi connectivity index (χ1v) is 8.05. The molecule has 0 N–H and O–H groups in total. The van der Waals surface area contributed by atoms with Gasteiger partial charge in [0.15, 0.2) is 6.61 Å². The molecule has 0 radical (unpaired) electrons. The zero-order valence-corrected chi connectivity index (χ0v) is 12.7. The molecule has 4 heteroatoms. The molecule has 4 nitrogen and oxygen atoms in total. The first-order chi connectivity index (χ1) is 10.1. The van der Waals surface area contributed by atoms with Gasteiger partial charge in [0.2, 0.25) is 0 Å². The second kappa shape index (κ2) is 5.47. The molecule has 0 saturated heterocycles. The number of carbonyl (C=O) groups is 2. The van der Waals surface area contributed by atoms with Crippen LogP contribution in [0.4, 0.5) is 0 Å². The quantitative estimate of drug-likeness (QED) is 0.577. The lowest BCUT2D eigenvalue weighted by Crippen LogP contribution is -2.57. The van der Waals surface area contributed by atoms with E-state index in [-0.39, 0.29) is 18.1 Å². The Morgan fingerprint density at radius 1 is 1.24 bits per heavy atom. The van der Waals surface area contributed by atoms with Gasteiger partial charge in [0.25, 0.3) is 0 Å². The molecule has 21 heavy (non-hydrogen) atoms. The lowest BCUT2D eigenvalue weighted by atomic mass is 9.47. The van der Waals surface area contributed by atoms with Gasteiger partial charge in [0.05, 0.1) is 0 Å². The van der Waals surface area contributed by atoms with Gasteiger partial charge in [-0.1, -0.05) is 13.5 Å². The molecule has 4 saturated carbocycles. The zero-order valence-electron chi connectivity index (χ0n) is 12.7. The summed E-state index contributed by atoms with van der Waals surface area (Å²) in [4.78, 5) is 23.0. The Labute approximate surface area is 125 Å². The van der Waals surface area contributed by atoms with E-state index in [2.05, 4.69) is 13.5 Å². The van der Waals surface area contributed by atoms with Crippen molar-refractivity contribution in [1.29, 1.82) is 0 Å². The maximum absolute atomic E-state index is 12.0. The van der Waals surface area contributed by atoms with Crippen LogP contribution < -0.4 is 0 Å². The average Bonchev–Trinajstić information content (AvgIpc) is 2.47. The van der Waals surface area contributed by atoms with Crippen LogP contribution in [0.2, 0.25) is 0 Å². The Morgan fingerprint density at radius 3 is 2.48 bits per heavy atom. The minimum atomic E-state index is -0.581. The second-order valence-electron chi connectivity index (χ2n) is 7.05. The largest absolute Gasteiger partial charge is 0.459 e. The van der Waals surface area contributed by atoms with Crippen molar-refractivity contribution >= 4 is 11.9 Å². The van der Waals surface area contributed by atoms with Crippen LogP contribution in [0.25, 0.3) is 0 Å². The highest BCUT2D eigenvalue weighted by Gasteiger charge is 2.57. The van der Waals surface area contributed by atoms with E-state index in [1.807, 2.05) is 0 Å². The highest BCUT2D eigenvalue weighted by atomic mass is 16.6. The van der Waals surface area contributed by atoms with Crippen LogP contribution >= 0.6 is 0 Å². The standard InChI is InChI=1S/C17H24O4/c1-3-14(18)20-10-15(19)21-16-13-6-11-5-12(7-13)9-17(16,4-2)8-11/h3,11-13,16H,1,4-10H2,2H3. The number of esters is 2. The molecule has 0 heterocycles. The second-order valence-corrected chi connectivity index (χ2v) is 7.05. The van der Waals surface area contributed by atoms with Crippen molar-refractivity contribution < 1.29 is 19.1 Å².